The van der Waals surface area contributed by atoms with E-state index < -0.39 is 26.5 Å². The van der Waals surface area contributed by atoms with E-state index >= 15 is 0 Å². The number of phosphoric acid groups is 1. The van der Waals surface area contributed by atoms with E-state index in [1.54, 1.807) is 0 Å². The molecule has 0 saturated carbocycles. The molecule has 0 aromatic rings. The predicted molar refractivity (Wildman–Crippen MR) is 218 cm³/mol. The van der Waals surface area contributed by atoms with Crippen molar-refractivity contribution in [2.24, 2.45) is 0 Å². The molecule has 0 aliphatic rings. The van der Waals surface area contributed by atoms with Crippen molar-refractivity contribution in [3.8, 4) is 0 Å². The minimum absolute atomic E-state index is 0.0295. The van der Waals surface area contributed by atoms with Crippen LogP contribution in [-0.2, 0) is 32.7 Å². The number of unbranched alkanes of at least 4 members (excludes halogenated alkanes) is 24. The minimum atomic E-state index is -4.62. The Morgan fingerprint density at radius 2 is 0.981 bits per heavy atom. The fraction of sp³-hybridized carbons (Fsp3) is 0.907. The molecule has 0 amide bonds. The highest BCUT2D eigenvalue weighted by Crippen LogP contribution is 2.38. The summed E-state index contributed by atoms with van der Waals surface area (Å²) in [6, 6.07) is 0. The van der Waals surface area contributed by atoms with E-state index in [0.717, 1.165) is 57.8 Å². The van der Waals surface area contributed by atoms with Crippen molar-refractivity contribution in [2.45, 2.75) is 206 Å². The van der Waals surface area contributed by atoms with E-state index in [1.165, 1.54) is 109 Å². The molecule has 0 bridgehead atoms. The maximum atomic E-state index is 12.6. The van der Waals surface area contributed by atoms with Crippen LogP contribution in [0.5, 0.6) is 0 Å². The van der Waals surface area contributed by atoms with Crippen LogP contribution in [-0.4, -0.2) is 70.0 Å². The third-order valence-electron chi connectivity index (χ3n) is 9.54. The standard InChI is InChI=1S/C43H84NO8P/c1-6-8-10-12-14-16-18-19-20-21-22-23-24-26-27-29-31-33-35-42(45)49-39-41(40-51-53(47,48)50-38-37-44(3,4)5)52-43(46)36-34-32-30-28-25-17-15-13-11-9-7-2/h13,15,41H,6-12,14,16-40H2,1-5H3/b15-13-. The summed E-state index contributed by atoms with van der Waals surface area (Å²) in [7, 11) is 1.17. The lowest BCUT2D eigenvalue weighted by molar-refractivity contribution is -0.870. The first kappa shape index (κ1) is 51.8. The smallest absolute Gasteiger partial charge is 0.306 e. The molecular weight excluding hydrogens is 689 g/mol. The molecule has 0 fully saturated rings. The molecule has 0 aromatic heterocycles. The van der Waals surface area contributed by atoms with Gasteiger partial charge in [0.05, 0.1) is 27.7 Å². The lowest BCUT2D eigenvalue weighted by Gasteiger charge is -2.28. The summed E-state index contributed by atoms with van der Waals surface area (Å²) >= 11 is 0. The fourth-order valence-electron chi connectivity index (χ4n) is 6.05. The number of carbonyl (C=O) groups is 2. The summed E-state index contributed by atoms with van der Waals surface area (Å²) in [5.74, 6) is -0.837. The first-order valence-corrected chi connectivity index (χ1v) is 23.4. The second-order valence-electron chi connectivity index (χ2n) is 16.1. The molecule has 0 N–H and O–H groups in total. The Kier molecular flexibility index (Phi) is 35.5. The Balaban J connectivity index is 4.27. The molecule has 0 rings (SSSR count). The van der Waals surface area contributed by atoms with Crippen molar-refractivity contribution < 1.29 is 42.1 Å². The molecule has 0 aromatic carbocycles. The monoisotopic (exact) mass is 774 g/mol. The number of ether oxygens (including phenoxy) is 2. The zero-order valence-electron chi connectivity index (χ0n) is 35.2. The van der Waals surface area contributed by atoms with E-state index in [-0.39, 0.29) is 32.0 Å². The van der Waals surface area contributed by atoms with Crippen LogP contribution in [0.2, 0.25) is 0 Å². The van der Waals surface area contributed by atoms with E-state index in [9.17, 15) is 19.0 Å². The second kappa shape index (κ2) is 36.4. The number of esters is 2. The summed E-state index contributed by atoms with van der Waals surface area (Å²) in [6.07, 6.45) is 36.7. The summed E-state index contributed by atoms with van der Waals surface area (Å²) in [5.41, 5.74) is 0. The zero-order valence-corrected chi connectivity index (χ0v) is 36.1. The summed E-state index contributed by atoms with van der Waals surface area (Å²) in [4.78, 5) is 37.4. The minimum Gasteiger partial charge on any atom is -0.756 e. The molecule has 0 aliphatic carbocycles. The Bertz CT molecular complexity index is 922. The third-order valence-corrected chi connectivity index (χ3v) is 10.5. The van der Waals surface area contributed by atoms with Gasteiger partial charge < -0.3 is 27.9 Å². The molecule has 9 nitrogen and oxygen atoms in total. The summed E-state index contributed by atoms with van der Waals surface area (Å²) < 4.78 is 33.8. The molecule has 2 atom stereocenters. The highest BCUT2D eigenvalue weighted by atomic mass is 31.2. The third kappa shape index (κ3) is 40.2. The van der Waals surface area contributed by atoms with Gasteiger partial charge in [-0.2, -0.15) is 0 Å². The molecule has 10 heteroatoms. The van der Waals surface area contributed by atoms with Gasteiger partial charge in [0.1, 0.15) is 19.8 Å². The van der Waals surface area contributed by atoms with Crippen LogP contribution < -0.4 is 4.89 Å². The van der Waals surface area contributed by atoms with Crippen LogP contribution in [0.4, 0.5) is 0 Å². The van der Waals surface area contributed by atoms with Gasteiger partial charge >= 0.3 is 11.9 Å². The number of hydrogen-bond donors (Lipinski definition) is 0. The van der Waals surface area contributed by atoms with Crippen LogP contribution >= 0.6 is 7.82 Å². The molecule has 0 radical (unpaired) electrons. The first-order valence-electron chi connectivity index (χ1n) is 21.9. The Morgan fingerprint density at radius 1 is 0.566 bits per heavy atom. The number of carbonyl (C=O) groups excluding carboxylic acids is 2. The maximum absolute atomic E-state index is 12.6. The SMILES string of the molecule is CCCC/C=C\CCCCCCCC(=O)OC(COC(=O)CCCCCCCCCCCCCCCCCCCC)COP(=O)([O-])OCC[N+](C)(C)C. The van der Waals surface area contributed by atoms with Gasteiger partial charge in [0.15, 0.2) is 6.10 Å². The molecule has 0 heterocycles. The second-order valence-corrected chi connectivity index (χ2v) is 17.5. The Morgan fingerprint density at radius 3 is 1.45 bits per heavy atom. The maximum Gasteiger partial charge on any atom is 0.306 e. The molecular formula is C43H84NO8P. The molecule has 2 unspecified atom stereocenters. The number of quaternary nitrogens is 1. The van der Waals surface area contributed by atoms with Crippen LogP contribution in [0.15, 0.2) is 12.2 Å². The number of nitrogens with zero attached hydrogens (tertiary/aromatic N) is 1. The van der Waals surface area contributed by atoms with E-state index in [1.807, 2.05) is 21.1 Å². The van der Waals surface area contributed by atoms with Gasteiger partial charge in [-0.3, -0.25) is 14.2 Å². The Labute approximate surface area is 326 Å². The van der Waals surface area contributed by atoms with Gasteiger partial charge in [0, 0.05) is 12.8 Å². The molecule has 0 aliphatic heterocycles. The van der Waals surface area contributed by atoms with Gasteiger partial charge in [-0.05, 0) is 32.1 Å². The normalized spacial score (nSPS) is 13.7. The van der Waals surface area contributed by atoms with Crippen molar-refractivity contribution >= 4 is 19.8 Å². The average Bonchev–Trinajstić information content (AvgIpc) is 3.10. The van der Waals surface area contributed by atoms with E-state index in [4.69, 9.17) is 18.5 Å². The number of phosphoric ester groups is 1. The van der Waals surface area contributed by atoms with Crippen LogP contribution in [0, 0.1) is 0 Å². The van der Waals surface area contributed by atoms with Crippen LogP contribution in [0.25, 0.3) is 0 Å². The lowest BCUT2D eigenvalue weighted by Crippen LogP contribution is -2.37. The average molecular weight is 774 g/mol. The number of allylic oxidation sites excluding steroid dienone is 2. The topological polar surface area (TPSA) is 111 Å². The van der Waals surface area contributed by atoms with Crippen molar-refractivity contribution in [2.75, 3.05) is 47.5 Å². The highest BCUT2D eigenvalue weighted by molar-refractivity contribution is 7.45. The van der Waals surface area contributed by atoms with Crippen molar-refractivity contribution in [3.05, 3.63) is 12.2 Å². The van der Waals surface area contributed by atoms with Gasteiger partial charge in [-0.25, -0.2) is 0 Å². The largest absolute Gasteiger partial charge is 0.756 e. The molecule has 0 spiro atoms. The summed E-state index contributed by atoms with van der Waals surface area (Å²) in [5, 5.41) is 0. The number of hydrogen-bond acceptors (Lipinski definition) is 8. The van der Waals surface area contributed by atoms with Crippen molar-refractivity contribution in [3.63, 3.8) is 0 Å². The molecule has 0 saturated heterocycles. The van der Waals surface area contributed by atoms with Gasteiger partial charge in [-0.15, -0.1) is 0 Å². The number of rotatable bonds is 40. The van der Waals surface area contributed by atoms with Gasteiger partial charge in [0.25, 0.3) is 7.82 Å². The quantitative estimate of drug-likeness (QED) is 0.0199. The first-order chi connectivity index (χ1) is 25.5. The van der Waals surface area contributed by atoms with E-state index in [2.05, 4.69) is 26.0 Å². The van der Waals surface area contributed by atoms with Gasteiger partial charge in [0.2, 0.25) is 0 Å². The van der Waals surface area contributed by atoms with E-state index in [0.29, 0.717) is 17.4 Å². The van der Waals surface area contributed by atoms with Crippen molar-refractivity contribution in [1.29, 1.82) is 0 Å². The fourth-order valence-corrected chi connectivity index (χ4v) is 6.78. The van der Waals surface area contributed by atoms with Crippen LogP contribution in [0.1, 0.15) is 200 Å². The highest BCUT2D eigenvalue weighted by Gasteiger charge is 2.21. The Hall–Kier alpha value is -1.25. The lowest BCUT2D eigenvalue weighted by atomic mass is 10.0. The van der Waals surface area contributed by atoms with Gasteiger partial charge in [-0.1, -0.05) is 167 Å². The van der Waals surface area contributed by atoms with Crippen molar-refractivity contribution in [1.82, 2.24) is 0 Å². The summed E-state index contributed by atoms with van der Waals surface area (Å²) in [6.45, 7) is 4.20. The number of likely N-dealkylation sites (N-methyl/N-ethyl adjacent to an activating group) is 1. The van der Waals surface area contributed by atoms with Crippen LogP contribution in [0.3, 0.4) is 0 Å². The molecule has 314 valence electrons. The predicted octanol–water partition coefficient (Wildman–Crippen LogP) is 11.6. The zero-order chi connectivity index (χ0) is 39.3. The molecule has 53 heavy (non-hydrogen) atoms.